The van der Waals surface area contributed by atoms with Gasteiger partial charge >= 0.3 is 0 Å². The smallest absolute Gasteiger partial charge is 0.256 e. The summed E-state index contributed by atoms with van der Waals surface area (Å²) in [5.74, 6) is 0.588. The highest BCUT2D eigenvalue weighted by atomic mass is 32.1. The van der Waals surface area contributed by atoms with Gasteiger partial charge in [-0.05, 0) is 31.9 Å². The molecule has 1 aliphatic rings. The molecule has 1 atom stereocenters. The van der Waals surface area contributed by atoms with Crippen molar-refractivity contribution in [1.82, 2.24) is 14.9 Å². The summed E-state index contributed by atoms with van der Waals surface area (Å²) in [6.45, 7) is 4.55. The van der Waals surface area contributed by atoms with E-state index in [-0.39, 0.29) is 11.9 Å². The molecule has 23 heavy (non-hydrogen) atoms. The second kappa shape index (κ2) is 5.45. The molecule has 2 aromatic heterocycles. The van der Waals surface area contributed by atoms with Gasteiger partial charge < -0.3 is 9.32 Å². The summed E-state index contributed by atoms with van der Waals surface area (Å²) in [7, 11) is 0. The molecule has 3 aromatic rings. The molecule has 6 heteroatoms. The number of amides is 1. The van der Waals surface area contributed by atoms with E-state index in [0.717, 1.165) is 30.1 Å². The standard InChI is InChI=1S/C17H17N3O2S/c1-10-18-16-12(5-3-7-15(16)22-10)17(21)20-8-4-6-14(20)13-9-23-11(2)19-13/h3,5,7,9,14H,4,6,8H2,1-2H3. The highest BCUT2D eigenvalue weighted by molar-refractivity contribution is 7.09. The van der Waals surface area contributed by atoms with Crippen LogP contribution in [0.1, 0.15) is 45.8 Å². The van der Waals surface area contributed by atoms with Crippen LogP contribution in [0.25, 0.3) is 11.1 Å². The van der Waals surface area contributed by atoms with Crippen molar-refractivity contribution in [2.45, 2.75) is 32.7 Å². The molecule has 0 aliphatic carbocycles. The summed E-state index contributed by atoms with van der Waals surface area (Å²) in [5.41, 5.74) is 2.92. The van der Waals surface area contributed by atoms with E-state index in [2.05, 4.69) is 15.3 Å². The molecule has 0 spiro atoms. The molecular formula is C17H17N3O2S. The Morgan fingerprint density at radius 3 is 3.00 bits per heavy atom. The van der Waals surface area contributed by atoms with E-state index >= 15 is 0 Å². The van der Waals surface area contributed by atoms with Crippen LogP contribution >= 0.6 is 11.3 Å². The number of aromatic nitrogens is 2. The van der Waals surface area contributed by atoms with Gasteiger partial charge in [0.05, 0.1) is 22.3 Å². The predicted octanol–water partition coefficient (Wildman–Crippen LogP) is 3.88. The molecule has 1 aliphatic heterocycles. The molecule has 5 nitrogen and oxygen atoms in total. The fourth-order valence-corrected chi connectivity index (χ4v) is 3.90. The van der Waals surface area contributed by atoms with Gasteiger partial charge in [0.15, 0.2) is 11.5 Å². The fourth-order valence-electron chi connectivity index (χ4n) is 3.24. The van der Waals surface area contributed by atoms with Crippen LogP contribution in [0.5, 0.6) is 0 Å². The Balaban J connectivity index is 1.72. The lowest BCUT2D eigenvalue weighted by Gasteiger charge is -2.23. The summed E-state index contributed by atoms with van der Waals surface area (Å²) in [4.78, 5) is 24.0. The predicted molar refractivity (Wildman–Crippen MR) is 88.6 cm³/mol. The first-order valence-corrected chi connectivity index (χ1v) is 8.60. The van der Waals surface area contributed by atoms with Crippen molar-refractivity contribution in [3.05, 3.63) is 45.7 Å². The average molecular weight is 327 g/mol. The van der Waals surface area contributed by atoms with E-state index in [1.807, 2.05) is 30.0 Å². The third kappa shape index (κ3) is 2.43. The number of carbonyl (C=O) groups excluding carboxylic acids is 1. The quantitative estimate of drug-likeness (QED) is 0.717. The third-order valence-corrected chi connectivity index (χ3v) is 5.04. The van der Waals surface area contributed by atoms with Crippen molar-refractivity contribution < 1.29 is 9.21 Å². The van der Waals surface area contributed by atoms with Crippen molar-refractivity contribution in [1.29, 1.82) is 0 Å². The minimum absolute atomic E-state index is 0.0112. The molecule has 118 valence electrons. The van der Waals surface area contributed by atoms with Crippen LogP contribution in [0, 0.1) is 13.8 Å². The Labute approximate surface area is 138 Å². The van der Waals surface area contributed by atoms with Crippen molar-refractivity contribution in [3.8, 4) is 0 Å². The summed E-state index contributed by atoms with van der Waals surface area (Å²) >= 11 is 1.63. The molecule has 0 N–H and O–H groups in total. The summed E-state index contributed by atoms with van der Waals surface area (Å²) in [5, 5.41) is 3.10. The Hall–Kier alpha value is -2.21. The number of para-hydroxylation sites is 1. The van der Waals surface area contributed by atoms with Gasteiger partial charge in [0.25, 0.3) is 5.91 Å². The number of likely N-dealkylation sites (tertiary alicyclic amines) is 1. The minimum Gasteiger partial charge on any atom is -0.441 e. The first-order valence-electron chi connectivity index (χ1n) is 7.72. The number of hydrogen-bond donors (Lipinski definition) is 0. The maximum atomic E-state index is 13.1. The third-order valence-electron chi connectivity index (χ3n) is 4.25. The molecular weight excluding hydrogens is 310 g/mol. The Morgan fingerprint density at radius 2 is 2.22 bits per heavy atom. The van der Waals surface area contributed by atoms with E-state index in [0.29, 0.717) is 22.6 Å². The Morgan fingerprint density at radius 1 is 1.35 bits per heavy atom. The number of thiazole rings is 1. The lowest BCUT2D eigenvalue weighted by atomic mass is 10.1. The van der Waals surface area contributed by atoms with Crippen LogP contribution in [0.4, 0.5) is 0 Å². The van der Waals surface area contributed by atoms with Crippen LogP contribution in [0.2, 0.25) is 0 Å². The Kier molecular flexibility index (Phi) is 3.41. The van der Waals surface area contributed by atoms with Gasteiger partial charge in [0, 0.05) is 18.8 Å². The second-order valence-corrected chi connectivity index (χ2v) is 6.90. The molecule has 1 unspecified atom stereocenters. The van der Waals surface area contributed by atoms with E-state index in [1.165, 1.54) is 0 Å². The number of benzene rings is 1. The highest BCUT2D eigenvalue weighted by Gasteiger charge is 2.33. The Bertz CT molecular complexity index is 883. The van der Waals surface area contributed by atoms with Gasteiger partial charge in [-0.3, -0.25) is 4.79 Å². The summed E-state index contributed by atoms with van der Waals surface area (Å²) < 4.78 is 5.54. The number of rotatable bonds is 2. The molecule has 3 heterocycles. The average Bonchev–Trinajstić information content (AvgIpc) is 3.23. The molecule has 0 saturated carbocycles. The van der Waals surface area contributed by atoms with Crippen LogP contribution in [0.3, 0.4) is 0 Å². The number of fused-ring (bicyclic) bond motifs is 1. The lowest BCUT2D eigenvalue weighted by molar-refractivity contribution is 0.0735. The lowest BCUT2D eigenvalue weighted by Crippen LogP contribution is -2.30. The summed E-state index contributed by atoms with van der Waals surface area (Å²) in [6.07, 6.45) is 1.96. The van der Waals surface area contributed by atoms with Gasteiger partial charge in [-0.25, -0.2) is 9.97 Å². The van der Waals surface area contributed by atoms with Crippen molar-refractivity contribution in [2.24, 2.45) is 0 Å². The number of oxazole rings is 1. The maximum Gasteiger partial charge on any atom is 0.256 e. The molecule has 1 aromatic carbocycles. The van der Waals surface area contributed by atoms with E-state index in [1.54, 1.807) is 18.3 Å². The zero-order chi connectivity index (χ0) is 16.0. The highest BCUT2D eigenvalue weighted by Crippen LogP contribution is 2.34. The van der Waals surface area contributed by atoms with Crippen LogP contribution in [-0.2, 0) is 0 Å². The molecule has 4 rings (SSSR count). The van der Waals surface area contributed by atoms with Gasteiger partial charge in [0.1, 0.15) is 5.52 Å². The maximum absolute atomic E-state index is 13.1. The molecule has 0 bridgehead atoms. The van der Waals surface area contributed by atoms with Gasteiger partial charge in [-0.15, -0.1) is 11.3 Å². The molecule has 0 radical (unpaired) electrons. The number of carbonyl (C=O) groups is 1. The van der Waals surface area contributed by atoms with Crippen molar-refractivity contribution in [2.75, 3.05) is 6.54 Å². The normalized spacial score (nSPS) is 18.0. The number of nitrogens with zero attached hydrogens (tertiary/aromatic N) is 3. The first kappa shape index (κ1) is 14.4. The monoisotopic (exact) mass is 327 g/mol. The number of aryl methyl sites for hydroxylation is 2. The fraction of sp³-hybridized carbons (Fsp3) is 0.353. The van der Waals surface area contributed by atoms with Crippen molar-refractivity contribution in [3.63, 3.8) is 0 Å². The van der Waals surface area contributed by atoms with Gasteiger partial charge in [-0.1, -0.05) is 6.07 Å². The van der Waals surface area contributed by atoms with E-state index in [9.17, 15) is 4.79 Å². The van der Waals surface area contributed by atoms with E-state index < -0.39 is 0 Å². The topological polar surface area (TPSA) is 59.2 Å². The zero-order valence-corrected chi connectivity index (χ0v) is 13.9. The zero-order valence-electron chi connectivity index (χ0n) is 13.1. The van der Waals surface area contributed by atoms with Gasteiger partial charge in [0.2, 0.25) is 0 Å². The minimum atomic E-state index is 0.0112. The van der Waals surface area contributed by atoms with Crippen LogP contribution in [-0.4, -0.2) is 27.3 Å². The molecule has 1 saturated heterocycles. The van der Waals surface area contributed by atoms with Crippen LogP contribution in [0.15, 0.2) is 28.0 Å². The van der Waals surface area contributed by atoms with Crippen molar-refractivity contribution >= 4 is 28.3 Å². The first-order chi connectivity index (χ1) is 11.1. The molecule has 1 amide bonds. The van der Waals surface area contributed by atoms with Crippen LogP contribution < -0.4 is 0 Å². The van der Waals surface area contributed by atoms with E-state index in [4.69, 9.17) is 4.42 Å². The number of hydrogen-bond acceptors (Lipinski definition) is 5. The largest absolute Gasteiger partial charge is 0.441 e. The SMILES string of the molecule is Cc1nc2c(C(=O)N3CCCC3c3csc(C)n3)cccc2o1. The van der Waals surface area contributed by atoms with Gasteiger partial charge in [-0.2, -0.15) is 0 Å². The summed E-state index contributed by atoms with van der Waals surface area (Å²) in [6, 6.07) is 5.58. The second-order valence-electron chi connectivity index (χ2n) is 5.83. The molecule has 1 fully saturated rings.